The van der Waals surface area contributed by atoms with Crippen molar-refractivity contribution in [3.8, 4) is 0 Å². The standard InChI is InChI=1S/C11H14N3O/c15-9-3-6-12-10(13-9)14-7-11(8-14)4-1-2-5-11/h6H,1-2,4-5,7-8H2,(H,12,13,15). The summed E-state index contributed by atoms with van der Waals surface area (Å²) in [5, 5.41) is 0. The average molecular weight is 204 g/mol. The van der Waals surface area contributed by atoms with Crippen LogP contribution < -0.4 is 10.5 Å². The molecule has 0 aromatic carbocycles. The van der Waals surface area contributed by atoms with Crippen LogP contribution in [0, 0.1) is 11.5 Å². The number of hydrogen-bond acceptors (Lipinski definition) is 3. The molecule has 4 heteroatoms. The van der Waals surface area contributed by atoms with E-state index in [2.05, 4.69) is 20.9 Å². The molecule has 15 heavy (non-hydrogen) atoms. The van der Waals surface area contributed by atoms with Gasteiger partial charge in [0.2, 0.25) is 5.95 Å². The summed E-state index contributed by atoms with van der Waals surface area (Å²) in [7, 11) is 0. The Morgan fingerprint density at radius 1 is 1.40 bits per heavy atom. The van der Waals surface area contributed by atoms with Gasteiger partial charge in [-0.2, -0.15) is 0 Å². The van der Waals surface area contributed by atoms with E-state index in [0.29, 0.717) is 11.4 Å². The number of H-pyrrole nitrogens is 1. The number of anilines is 1. The van der Waals surface area contributed by atoms with E-state index in [9.17, 15) is 4.79 Å². The topological polar surface area (TPSA) is 49.0 Å². The van der Waals surface area contributed by atoms with Crippen molar-refractivity contribution in [3.05, 3.63) is 22.6 Å². The highest BCUT2D eigenvalue weighted by molar-refractivity contribution is 5.35. The van der Waals surface area contributed by atoms with Gasteiger partial charge in [-0.3, -0.25) is 9.78 Å². The molecule has 1 saturated carbocycles. The molecule has 0 bridgehead atoms. The molecule has 3 rings (SSSR count). The molecule has 79 valence electrons. The Bertz CT molecular complexity index is 412. The van der Waals surface area contributed by atoms with Crippen LogP contribution in [0.4, 0.5) is 5.95 Å². The largest absolute Gasteiger partial charge is 0.341 e. The smallest absolute Gasteiger partial charge is 0.260 e. The van der Waals surface area contributed by atoms with Crippen LogP contribution in [0.2, 0.25) is 0 Å². The number of nitrogens with one attached hydrogen (secondary N) is 1. The summed E-state index contributed by atoms with van der Waals surface area (Å²) in [5.41, 5.74) is 0.352. The highest BCUT2D eigenvalue weighted by Crippen LogP contribution is 2.45. The van der Waals surface area contributed by atoms with Crippen LogP contribution in [0.1, 0.15) is 25.7 Å². The first kappa shape index (κ1) is 8.95. The van der Waals surface area contributed by atoms with E-state index in [-0.39, 0.29) is 5.56 Å². The van der Waals surface area contributed by atoms with E-state index in [1.54, 1.807) is 0 Å². The minimum Gasteiger partial charge on any atom is -0.341 e. The van der Waals surface area contributed by atoms with Crippen LogP contribution in [-0.2, 0) is 0 Å². The molecule has 4 nitrogen and oxygen atoms in total. The summed E-state index contributed by atoms with van der Waals surface area (Å²) >= 11 is 0. The van der Waals surface area contributed by atoms with Crippen LogP contribution in [0.3, 0.4) is 0 Å². The summed E-state index contributed by atoms with van der Waals surface area (Å²) < 4.78 is 0. The minimum absolute atomic E-state index is 0.188. The molecule has 1 aliphatic heterocycles. The molecule has 2 aliphatic rings. The Kier molecular flexibility index (Phi) is 1.84. The molecule has 1 spiro atoms. The van der Waals surface area contributed by atoms with Crippen LogP contribution >= 0.6 is 0 Å². The number of aromatic nitrogens is 2. The number of hydrogen-bond donors (Lipinski definition) is 1. The van der Waals surface area contributed by atoms with Gasteiger partial charge in [0, 0.05) is 24.7 Å². The van der Waals surface area contributed by atoms with Gasteiger partial charge in [-0.05, 0) is 12.8 Å². The van der Waals surface area contributed by atoms with Crippen LogP contribution in [0.15, 0.2) is 11.0 Å². The summed E-state index contributed by atoms with van der Waals surface area (Å²) in [6.45, 7) is 2.11. The third-order valence-electron chi connectivity index (χ3n) is 3.62. The second kappa shape index (κ2) is 3.08. The second-order valence-corrected chi connectivity index (χ2v) is 4.74. The molecule has 2 heterocycles. The maximum absolute atomic E-state index is 11.1. The van der Waals surface area contributed by atoms with E-state index < -0.39 is 0 Å². The highest BCUT2D eigenvalue weighted by Gasteiger charge is 2.45. The number of nitrogens with zero attached hydrogens (tertiary/aromatic N) is 2. The zero-order chi connectivity index (χ0) is 10.3. The monoisotopic (exact) mass is 204 g/mol. The first-order valence-electron chi connectivity index (χ1n) is 5.49. The van der Waals surface area contributed by atoms with Gasteiger partial charge in [0.1, 0.15) is 0 Å². The molecule has 1 saturated heterocycles. The Balaban J connectivity index is 1.74. The Morgan fingerprint density at radius 2 is 2.13 bits per heavy atom. The molecule has 0 atom stereocenters. The summed E-state index contributed by atoms with van der Waals surface area (Å²) in [5.74, 6) is 0.705. The third-order valence-corrected chi connectivity index (χ3v) is 3.62. The molecular formula is C11H14N3O. The Labute approximate surface area is 88.3 Å². The van der Waals surface area contributed by atoms with E-state index in [0.717, 1.165) is 13.1 Å². The van der Waals surface area contributed by atoms with E-state index in [1.165, 1.54) is 31.9 Å². The first-order chi connectivity index (χ1) is 7.27. The van der Waals surface area contributed by atoms with Crippen molar-refractivity contribution in [3.63, 3.8) is 0 Å². The van der Waals surface area contributed by atoms with Gasteiger partial charge in [-0.25, -0.2) is 4.98 Å². The molecule has 0 unspecified atom stereocenters. The zero-order valence-electron chi connectivity index (χ0n) is 8.62. The van der Waals surface area contributed by atoms with Crippen molar-refractivity contribution in [1.29, 1.82) is 0 Å². The molecule has 1 aliphatic carbocycles. The third kappa shape index (κ3) is 1.44. The maximum atomic E-state index is 11.1. The molecule has 1 radical (unpaired) electrons. The molecule has 1 N–H and O–H groups in total. The average Bonchev–Trinajstić information content (AvgIpc) is 2.64. The number of aromatic amines is 1. The lowest BCUT2D eigenvalue weighted by atomic mass is 9.78. The quantitative estimate of drug-likeness (QED) is 0.741. The highest BCUT2D eigenvalue weighted by atomic mass is 16.1. The second-order valence-electron chi connectivity index (χ2n) is 4.74. The van der Waals surface area contributed by atoms with Gasteiger partial charge < -0.3 is 4.90 Å². The molecule has 2 fully saturated rings. The lowest BCUT2D eigenvalue weighted by Crippen LogP contribution is -2.55. The van der Waals surface area contributed by atoms with Crippen LogP contribution in [0.5, 0.6) is 0 Å². The Morgan fingerprint density at radius 3 is 2.80 bits per heavy atom. The van der Waals surface area contributed by atoms with Gasteiger partial charge >= 0.3 is 0 Å². The summed E-state index contributed by atoms with van der Waals surface area (Å²) in [6, 6.07) is 2.49. The van der Waals surface area contributed by atoms with Crippen molar-refractivity contribution in [2.24, 2.45) is 5.41 Å². The number of rotatable bonds is 1. The van der Waals surface area contributed by atoms with Gasteiger partial charge in [0.15, 0.2) is 0 Å². The maximum Gasteiger partial charge on any atom is 0.260 e. The van der Waals surface area contributed by atoms with E-state index >= 15 is 0 Å². The molecular weight excluding hydrogens is 190 g/mol. The summed E-state index contributed by atoms with van der Waals surface area (Å²) in [6.07, 6.45) is 6.86. The predicted molar refractivity (Wildman–Crippen MR) is 56.8 cm³/mol. The van der Waals surface area contributed by atoms with Gasteiger partial charge in [-0.1, -0.05) is 12.8 Å². The van der Waals surface area contributed by atoms with Crippen LogP contribution in [0.25, 0.3) is 0 Å². The zero-order valence-corrected chi connectivity index (χ0v) is 8.62. The fourth-order valence-electron chi connectivity index (χ4n) is 2.84. The van der Waals surface area contributed by atoms with E-state index in [4.69, 9.17) is 0 Å². The van der Waals surface area contributed by atoms with Crippen molar-refractivity contribution in [2.45, 2.75) is 25.7 Å². The molecule has 1 aromatic heterocycles. The van der Waals surface area contributed by atoms with Crippen molar-refractivity contribution in [1.82, 2.24) is 9.97 Å². The fourth-order valence-corrected chi connectivity index (χ4v) is 2.84. The van der Waals surface area contributed by atoms with Gasteiger partial charge in [0.25, 0.3) is 5.56 Å². The molecule has 1 aromatic rings. The van der Waals surface area contributed by atoms with Gasteiger partial charge in [-0.15, -0.1) is 0 Å². The fraction of sp³-hybridized carbons (Fsp3) is 0.636. The van der Waals surface area contributed by atoms with Crippen molar-refractivity contribution < 1.29 is 0 Å². The van der Waals surface area contributed by atoms with Crippen molar-refractivity contribution in [2.75, 3.05) is 18.0 Å². The Hall–Kier alpha value is -1.32. The minimum atomic E-state index is -0.188. The van der Waals surface area contributed by atoms with Crippen LogP contribution in [-0.4, -0.2) is 23.1 Å². The van der Waals surface area contributed by atoms with Crippen molar-refractivity contribution >= 4 is 5.95 Å². The van der Waals surface area contributed by atoms with E-state index in [1.807, 2.05) is 0 Å². The summed E-state index contributed by atoms with van der Waals surface area (Å²) in [4.78, 5) is 20.1. The normalized spacial score (nSPS) is 23.1. The van der Waals surface area contributed by atoms with Gasteiger partial charge in [0.05, 0.1) is 6.07 Å². The lowest BCUT2D eigenvalue weighted by Gasteiger charge is -2.48. The predicted octanol–water partition coefficient (Wildman–Crippen LogP) is 0.950. The SMILES string of the molecule is O=c1[c]cnc(N2CC3(CCCC3)C2)[nH]1. The lowest BCUT2D eigenvalue weighted by molar-refractivity contribution is 0.218. The first-order valence-corrected chi connectivity index (χ1v) is 5.49. The molecule has 0 amide bonds.